The summed E-state index contributed by atoms with van der Waals surface area (Å²) in [5.74, 6) is 0.976. The van der Waals surface area contributed by atoms with Crippen LogP contribution in [-0.4, -0.2) is 53.8 Å². The van der Waals surface area contributed by atoms with Gasteiger partial charge in [0.1, 0.15) is 0 Å². The molecule has 26 heavy (non-hydrogen) atoms. The van der Waals surface area contributed by atoms with Crippen molar-refractivity contribution in [3.8, 4) is 0 Å². The van der Waals surface area contributed by atoms with Gasteiger partial charge in [0.15, 0.2) is 0 Å². The molecule has 1 heterocycles. The van der Waals surface area contributed by atoms with Crippen LogP contribution in [0.2, 0.25) is 0 Å². The summed E-state index contributed by atoms with van der Waals surface area (Å²) < 4.78 is 0. The number of nitrogens with zero attached hydrogens (tertiary/aromatic N) is 2. The number of nitrogens with one attached hydrogen (secondary N) is 1. The van der Waals surface area contributed by atoms with E-state index in [1.807, 2.05) is 11.0 Å². The lowest BCUT2D eigenvalue weighted by Crippen LogP contribution is -2.48. The van der Waals surface area contributed by atoms with Gasteiger partial charge >= 0.3 is 0 Å². The largest absolute Gasteiger partial charge is 0.352 e. The monoisotopic (exact) mass is 357 g/mol. The Hall–Kier alpha value is -1.88. The average molecular weight is 357 g/mol. The predicted octanol–water partition coefficient (Wildman–Crippen LogP) is 2.59. The van der Waals surface area contributed by atoms with Crippen molar-refractivity contribution in [2.75, 3.05) is 26.2 Å². The third kappa shape index (κ3) is 5.31. The second-order valence-corrected chi connectivity index (χ2v) is 7.81. The summed E-state index contributed by atoms with van der Waals surface area (Å²) >= 11 is 0. The van der Waals surface area contributed by atoms with Crippen molar-refractivity contribution in [1.82, 2.24) is 15.1 Å². The van der Waals surface area contributed by atoms with Gasteiger partial charge in [-0.3, -0.25) is 14.5 Å². The number of amides is 2. The zero-order valence-corrected chi connectivity index (χ0v) is 16.0. The minimum absolute atomic E-state index is 0.106. The fourth-order valence-corrected chi connectivity index (χ4v) is 3.73. The number of hydrogen-bond acceptors (Lipinski definition) is 3. The van der Waals surface area contributed by atoms with Crippen LogP contribution in [0.25, 0.3) is 0 Å². The molecule has 1 N–H and O–H groups in total. The summed E-state index contributed by atoms with van der Waals surface area (Å²) in [6.45, 7) is 6.72. The van der Waals surface area contributed by atoms with Gasteiger partial charge in [0.05, 0.1) is 6.54 Å². The maximum Gasteiger partial charge on any atom is 0.234 e. The third-order valence-corrected chi connectivity index (χ3v) is 5.67. The molecule has 3 rings (SSSR count). The SMILES string of the molecule is CC(=O)N1CCC(NC(=O)CN(CC2CC2)C(C)c2ccccc2)CC1. The van der Waals surface area contributed by atoms with Crippen molar-refractivity contribution in [2.45, 2.75) is 51.6 Å². The Morgan fingerprint density at radius 1 is 1.15 bits per heavy atom. The van der Waals surface area contributed by atoms with Gasteiger partial charge in [0, 0.05) is 38.6 Å². The van der Waals surface area contributed by atoms with Crippen LogP contribution in [0.15, 0.2) is 30.3 Å². The fourth-order valence-electron chi connectivity index (χ4n) is 3.73. The third-order valence-electron chi connectivity index (χ3n) is 5.67. The molecule has 1 aliphatic carbocycles. The van der Waals surface area contributed by atoms with Gasteiger partial charge in [-0.15, -0.1) is 0 Å². The lowest BCUT2D eigenvalue weighted by Gasteiger charge is -2.33. The second kappa shape index (κ2) is 8.67. The van der Waals surface area contributed by atoms with Gasteiger partial charge in [-0.05, 0) is 44.1 Å². The predicted molar refractivity (Wildman–Crippen MR) is 103 cm³/mol. The summed E-state index contributed by atoms with van der Waals surface area (Å²) in [5.41, 5.74) is 1.26. The highest BCUT2D eigenvalue weighted by molar-refractivity contribution is 5.78. The molecule has 1 aromatic rings. The van der Waals surface area contributed by atoms with E-state index in [0.717, 1.165) is 38.4 Å². The van der Waals surface area contributed by atoms with Gasteiger partial charge in [-0.25, -0.2) is 0 Å². The van der Waals surface area contributed by atoms with E-state index in [9.17, 15) is 9.59 Å². The molecule has 2 amide bonds. The molecule has 1 aromatic carbocycles. The Labute approximate surface area is 156 Å². The van der Waals surface area contributed by atoms with Crippen LogP contribution in [0.5, 0.6) is 0 Å². The van der Waals surface area contributed by atoms with Gasteiger partial charge < -0.3 is 10.2 Å². The summed E-state index contributed by atoms with van der Waals surface area (Å²) in [6.07, 6.45) is 4.26. The Morgan fingerprint density at radius 2 is 1.81 bits per heavy atom. The van der Waals surface area contributed by atoms with E-state index < -0.39 is 0 Å². The maximum atomic E-state index is 12.6. The molecular formula is C21H31N3O2. The zero-order valence-electron chi connectivity index (χ0n) is 16.0. The van der Waals surface area contributed by atoms with Crippen LogP contribution in [0.1, 0.15) is 51.1 Å². The molecule has 5 nitrogen and oxygen atoms in total. The van der Waals surface area contributed by atoms with E-state index in [2.05, 4.69) is 41.4 Å². The molecule has 2 aliphatic rings. The van der Waals surface area contributed by atoms with Gasteiger partial charge in [0.25, 0.3) is 0 Å². The van der Waals surface area contributed by atoms with Crippen molar-refractivity contribution in [2.24, 2.45) is 5.92 Å². The lowest BCUT2D eigenvalue weighted by atomic mass is 10.0. The number of likely N-dealkylation sites (tertiary alicyclic amines) is 1. The zero-order chi connectivity index (χ0) is 18.5. The number of rotatable bonds is 7. The molecule has 0 bridgehead atoms. The first-order valence-electron chi connectivity index (χ1n) is 9.87. The summed E-state index contributed by atoms with van der Waals surface area (Å²) in [6, 6.07) is 10.9. The Morgan fingerprint density at radius 3 is 2.38 bits per heavy atom. The number of piperidine rings is 1. The van der Waals surface area contributed by atoms with Crippen molar-refractivity contribution in [3.63, 3.8) is 0 Å². The first kappa shape index (κ1) is 18.9. The molecule has 0 radical (unpaired) electrons. The first-order valence-corrected chi connectivity index (χ1v) is 9.87. The molecule has 1 atom stereocenters. The van der Waals surface area contributed by atoms with Crippen molar-refractivity contribution in [1.29, 1.82) is 0 Å². The molecule has 0 aromatic heterocycles. The first-order chi connectivity index (χ1) is 12.5. The molecule has 1 aliphatic heterocycles. The number of benzene rings is 1. The van der Waals surface area contributed by atoms with E-state index >= 15 is 0 Å². The molecule has 0 spiro atoms. The summed E-state index contributed by atoms with van der Waals surface area (Å²) in [5, 5.41) is 3.19. The fraction of sp³-hybridized carbons (Fsp3) is 0.619. The van der Waals surface area contributed by atoms with Gasteiger partial charge in [-0.1, -0.05) is 30.3 Å². The maximum absolute atomic E-state index is 12.6. The minimum atomic E-state index is 0.106. The van der Waals surface area contributed by atoms with Crippen LogP contribution >= 0.6 is 0 Å². The number of carbonyl (C=O) groups excluding carboxylic acids is 2. The summed E-state index contributed by atoms with van der Waals surface area (Å²) in [4.78, 5) is 28.2. The van der Waals surface area contributed by atoms with E-state index in [0.29, 0.717) is 6.54 Å². The van der Waals surface area contributed by atoms with E-state index in [1.54, 1.807) is 6.92 Å². The molecule has 142 valence electrons. The standard InChI is InChI=1S/C21H31N3O2/c1-16(19-6-4-3-5-7-19)24(14-18-8-9-18)15-21(26)22-20-10-12-23(13-11-20)17(2)25/h3-7,16,18,20H,8-15H2,1-2H3,(H,22,26). The Kier molecular flexibility index (Phi) is 6.30. The normalized spacial score (nSPS) is 19.4. The highest BCUT2D eigenvalue weighted by atomic mass is 16.2. The molecular weight excluding hydrogens is 326 g/mol. The molecule has 2 fully saturated rings. The molecule has 1 unspecified atom stereocenters. The quantitative estimate of drug-likeness (QED) is 0.816. The Balaban J connectivity index is 1.53. The van der Waals surface area contributed by atoms with E-state index in [-0.39, 0.29) is 23.9 Å². The Bertz CT molecular complexity index is 607. The van der Waals surface area contributed by atoms with E-state index in [1.165, 1.54) is 18.4 Å². The lowest BCUT2D eigenvalue weighted by molar-refractivity contribution is -0.130. The van der Waals surface area contributed by atoms with Crippen molar-refractivity contribution < 1.29 is 9.59 Å². The summed E-state index contributed by atoms with van der Waals surface area (Å²) in [7, 11) is 0. The second-order valence-electron chi connectivity index (χ2n) is 7.81. The molecule has 5 heteroatoms. The van der Waals surface area contributed by atoms with Crippen LogP contribution in [0.3, 0.4) is 0 Å². The highest BCUT2D eigenvalue weighted by Crippen LogP contribution is 2.32. The highest BCUT2D eigenvalue weighted by Gasteiger charge is 2.29. The average Bonchev–Trinajstić information content (AvgIpc) is 3.46. The number of hydrogen-bond donors (Lipinski definition) is 1. The van der Waals surface area contributed by atoms with Gasteiger partial charge in [-0.2, -0.15) is 0 Å². The van der Waals surface area contributed by atoms with Gasteiger partial charge in [0.2, 0.25) is 11.8 Å². The molecule has 1 saturated carbocycles. The van der Waals surface area contributed by atoms with Crippen molar-refractivity contribution >= 4 is 11.8 Å². The minimum Gasteiger partial charge on any atom is -0.352 e. The van der Waals surface area contributed by atoms with Crippen LogP contribution in [0.4, 0.5) is 0 Å². The van der Waals surface area contributed by atoms with Crippen LogP contribution in [-0.2, 0) is 9.59 Å². The number of carbonyl (C=O) groups is 2. The smallest absolute Gasteiger partial charge is 0.234 e. The van der Waals surface area contributed by atoms with Crippen LogP contribution in [0, 0.1) is 5.92 Å². The van der Waals surface area contributed by atoms with Crippen molar-refractivity contribution in [3.05, 3.63) is 35.9 Å². The van der Waals surface area contributed by atoms with E-state index in [4.69, 9.17) is 0 Å². The molecule has 1 saturated heterocycles. The van der Waals surface area contributed by atoms with Crippen LogP contribution < -0.4 is 5.32 Å². The topological polar surface area (TPSA) is 52.7 Å².